The van der Waals surface area contributed by atoms with Crippen LogP contribution in [0.3, 0.4) is 0 Å². The molecule has 1 heterocycles. The number of amides is 1. The number of carbonyl (C=O) groups is 2. The normalized spacial score (nSPS) is 18.6. The molecular formula is C13H23NO2. The Hall–Kier alpha value is -0.860. The minimum atomic E-state index is 0.0501. The van der Waals surface area contributed by atoms with Gasteiger partial charge in [0.05, 0.1) is 0 Å². The fourth-order valence-corrected chi connectivity index (χ4v) is 2.10. The summed E-state index contributed by atoms with van der Waals surface area (Å²) in [5, 5.41) is 0. The molecule has 0 atom stereocenters. The van der Waals surface area contributed by atoms with E-state index in [1.807, 2.05) is 4.90 Å². The van der Waals surface area contributed by atoms with E-state index in [2.05, 4.69) is 20.8 Å². The van der Waals surface area contributed by atoms with Gasteiger partial charge in [-0.05, 0) is 25.2 Å². The van der Waals surface area contributed by atoms with E-state index in [-0.39, 0.29) is 23.0 Å². The minimum absolute atomic E-state index is 0.0501. The number of hydrogen-bond acceptors (Lipinski definition) is 2. The first kappa shape index (κ1) is 13.2. The third-order valence-corrected chi connectivity index (χ3v) is 3.10. The molecule has 1 amide bonds. The highest BCUT2D eigenvalue weighted by Crippen LogP contribution is 2.23. The number of piperidine rings is 1. The SMILES string of the molecule is CC(=O)C1CCN(C(=O)CC(C)(C)C)CC1. The largest absolute Gasteiger partial charge is 0.343 e. The smallest absolute Gasteiger partial charge is 0.223 e. The van der Waals surface area contributed by atoms with Crippen LogP contribution < -0.4 is 0 Å². The van der Waals surface area contributed by atoms with Gasteiger partial charge in [-0.25, -0.2) is 0 Å². The molecule has 1 rings (SSSR count). The van der Waals surface area contributed by atoms with Crippen LogP contribution in [0.2, 0.25) is 0 Å². The van der Waals surface area contributed by atoms with Crippen molar-refractivity contribution in [2.45, 2.75) is 47.0 Å². The molecule has 0 aromatic carbocycles. The summed E-state index contributed by atoms with van der Waals surface area (Å²) in [6, 6.07) is 0. The lowest BCUT2D eigenvalue weighted by Crippen LogP contribution is -2.41. The van der Waals surface area contributed by atoms with Crippen LogP contribution in [0.4, 0.5) is 0 Å². The fourth-order valence-electron chi connectivity index (χ4n) is 2.10. The molecule has 16 heavy (non-hydrogen) atoms. The highest BCUT2D eigenvalue weighted by Gasteiger charge is 2.27. The maximum Gasteiger partial charge on any atom is 0.223 e. The Morgan fingerprint density at radius 1 is 1.19 bits per heavy atom. The Morgan fingerprint density at radius 2 is 1.69 bits per heavy atom. The van der Waals surface area contributed by atoms with Crippen molar-refractivity contribution < 1.29 is 9.59 Å². The molecule has 1 fully saturated rings. The summed E-state index contributed by atoms with van der Waals surface area (Å²) in [4.78, 5) is 25.0. The lowest BCUT2D eigenvalue weighted by Gasteiger charge is -2.32. The molecule has 0 aromatic rings. The molecule has 92 valence electrons. The van der Waals surface area contributed by atoms with Crippen LogP contribution in [0.1, 0.15) is 47.0 Å². The first-order valence-corrected chi connectivity index (χ1v) is 6.08. The number of nitrogens with zero attached hydrogens (tertiary/aromatic N) is 1. The van der Waals surface area contributed by atoms with Crippen LogP contribution in [0, 0.1) is 11.3 Å². The van der Waals surface area contributed by atoms with Crippen molar-refractivity contribution in [2.75, 3.05) is 13.1 Å². The van der Waals surface area contributed by atoms with Crippen LogP contribution in [0.25, 0.3) is 0 Å². The molecule has 3 nitrogen and oxygen atoms in total. The summed E-state index contributed by atoms with van der Waals surface area (Å²) in [5.41, 5.74) is 0.0501. The number of hydrogen-bond donors (Lipinski definition) is 0. The third-order valence-electron chi connectivity index (χ3n) is 3.10. The van der Waals surface area contributed by atoms with Crippen LogP contribution in [-0.2, 0) is 9.59 Å². The quantitative estimate of drug-likeness (QED) is 0.723. The van der Waals surface area contributed by atoms with Crippen molar-refractivity contribution in [3.05, 3.63) is 0 Å². The molecule has 1 saturated heterocycles. The van der Waals surface area contributed by atoms with E-state index >= 15 is 0 Å². The Labute approximate surface area is 98.2 Å². The van der Waals surface area contributed by atoms with Crippen LogP contribution in [-0.4, -0.2) is 29.7 Å². The molecule has 0 aromatic heterocycles. The highest BCUT2D eigenvalue weighted by molar-refractivity contribution is 5.80. The summed E-state index contributed by atoms with van der Waals surface area (Å²) in [6.45, 7) is 9.38. The number of rotatable bonds is 2. The molecule has 1 aliphatic rings. The van der Waals surface area contributed by atoms with Gasteiger partial charge in [-0.2, -0.15) is 0 Å². The Kier molecular flexibility index (Phi) is 4.11. The molecule has 3 heteroatoms. The fraction of sp³-hybridized carbons (Fsp3) is 0.846. The van der Waals surface area contributed by atoms with E-state index in [4.69, 9.17) is 0 Å². The predicted octanol–water partition coefficient (Wildman–Crippen LogP) is 2.25. The molecule has 0 saturated carbocycles. The number of ketones is 1. The molecule has 0 radical (unpaired) electrons. The first-order valence-electron chi connectivity index (χ1n) is 6.08. The highest BCUT2D eigenvalue weighted by atomic mass is 16.2. The number of carbonyl (C=O) groups excluding carboxylic acids is 2. The summed E-state index contributed by atoms with van der Waals surface area (Å²) in [5.74, 6) is 0.677. The number of likely N-dealkylation sites (tertiary alicyclic amines) is 1. The summed E-state index contributed by atoms with van der Waals surface area (Å²) in [6.07, 6.45) is 2.27. The van der Waals surface area contributed by atoms with E-state index in [0.717, 1.165) is 25.9 Å². The standard InChI is InChI=1S/C13H23NO2/c1-10(15)11-5-7-14(8-6-11)12(16)9-13(2,3)4/h11H,5-9H2,1-4H3. The topological polar surface area (TPSA) is 37.4 Å². The number of Topliss-reactive ketones (excluding diaryl/α,β-unsaturated/α-hetero) is 1. The maximum atomic E-state index is 11.9. The van der Waals surface area contributed by atoms with E-state index in [1.165, 1.54) is 0 Å². The second-order valence-corrected chi connectivity index (χ2v) is 6.00. The molecule has 0 unspecified atom stereocenters. The average Bonchev–Trinajstić information content (AvgIpc) is 2.15. The van der Waals surface area contributed by atoms with Crippen molar-refractivity contribution in [2.24, 2.45) is 11.3 Å². The predicted molar refractivity (Wildman–Crippen MR) is 64.1 cm³/mol. The van der Waals surface area contributed by atoms with Gasteiger partial charge in [-0.1, -0.05) is 20.8 Å². The second-order valence-electron chi connectivity index (χ2n) is 6.00. The molecular weight excluding hydrogens is 202 g/mol. The second kappa shape index (κ2) is 4.98. The minimum Gasteiger partial charge on any atom is -0.343 e. The molecule has 0 N–H and O–H groups in total. The van der Waals surface area contributed by atoms with Gasteiger partial charge in [0, 0.05) is 25.4 Å². The van der Waals surface area contributed by atoms with E-state index < -0.39 is 0 Å². The first-order chi connectivity index (χ1) is 7.29. The zero-order chi connectivity index (χ0) is 12.3. The Balaban J connectivity index is 2.42. The van der Waals surface area contributed by atoms with Crippen LogP contribution in [0.5, 0.6) is 0 Å². The zero-order valence-electron chi connectivity index (χ0n) is 10.9. The Morgan fingerprint density at radius 3 is 2.06 bits per heavy atom. The van der Waals surface area contributed by atoms with E-state index in [0.29, 0.717) is 6.42 Å². The van der Waals surface area contributed by atoms with Gasteiger partial charge in [-0.15, -0.1) is 0 Å². The average molecular weight is 225 g/mol. The lowest BCUT2D eigenvalue weighted by atomic mass is 9.89. The van der Waals surface area contributed by atoms with Crippen molar-refractivity contribution in [1.82, 2.24) is 4.90 Å². The maximum absolute atomic E-state index is 11.9. The lowest BCUT2D eigenvalue weighted by molar-refractivity contribution is -0.136. The van der Waals surface area contributed by atoms with Gasteiger partial charge >= 0.3 is 0 Å². The van der Waals surface area contributed by atoms with E-state index in [9.17, 15) is 9.59 Å². The van der Waals surface area contributed by atoms with Crippen LogP contribution >= 0.6 is 0 Å². The van der Waals surface area contributed by atoms with Gasteiger partial charge in [0.1, 0.15) is 5.78 Å². The van der Waals surface area contributed by atoms with Crippen molar-refractivity contribution in [3.8, 4) is 0 Å². The molecule has 1 aliphatic heterocycles. The van der Waals surface area contributed by atoms with Crippen molar-refractivity contribution >= 4 is 11.7 Å². The van der Waals surface area contributed by atoms with Gasteiger partial charge < -0.3 is 4.90 Å². The van der Waals surface area contributed by atoms with Crippen LogP contribution in [0.15, 0.2) is 0 Å². The van der Waals surface area contributed by atoms with Gasteiger partial charge in [-0.3, -0.25) is 9.59 Å². The summed E-state index contributed by atoms with van der Waals surface area (Å²) < 4.78 is 0. The van der Waals surface area contributed by atoms with Gasteiger partial charge in [0.2, 0.25) is 5.91 Å². The summed E-state index contributed by atoms with van der Waals surface area (Å²) >= 11 is 0. The van der Waals surface area contributed by atoms with Crippen molar-refractivity contribution in [1.29, 1.82) is 0 Å². The third kappa shape index (κ3) is 3.95. The Bertz CT molecular complexity index is 270. The summed E-state index contributed by atoms with van der Waals surface area (Å²) in [7, 11) is 0. The molecule has 0 bridgehead atoms. The van der Waals surface area contributed by atoms with Crippen molar-refractivity contribution in [3.63, 3.8) is 0 Å². The van der Waals surface area contributed by atoms with Gasteiger partial charge in [0.15, 0.2) is 0 Å². The van der Waals surface area contributed by atoms with Gasteiger partial charge in [0.25, 0.3) is 0 Å². The monoisotopic (exact) mass is 225 g/mol. The zero-order valence-corrected chi connectivity index (χ0v) is 10.9. The van der Waals surface area contributed by atoms with E-state index in [1.54, 1.807) is 6.92 Å². The molecule has 0 spiro atoms. The molecule has 0 aliphatic carbocycles.